The number of aromatic nitrogens is 5. The first-order valence-electron chi connectivity index (χ1n) is 6.52. The van der Waals surface area contributed by atoms with Gasteiger partial charge in [0.1, 0.15) is 5.69 Å². The number of hydrogen-bond acceptors (Lipinski definition) is 5. The van der Waals surface area contributed by atoms with Crippen LogP contribution in [0.4, 0.5) is 0 Å². The molecule has 1 unspecified atom stereocenters. The Labute approximate surface area is 110 Å². The Morgan fingerprint density at radius 2 is 2.32 bits per heavy atom. The Morgan fingerprint density at radius 3 is 3.05 bits per heavy atom. The van der Waals surface area contributed by atoms with Gasteiger partial charge >= 0.3 is 0 Å². The molecular weight excluding hydrogens is 244 g/mol. The molecule has 19 heavy (non-hydrogen) atoms. The summed E-state index contributed by atoms with van der Waals surface area (Å²) in [6, 6.07) is 3.38. The first-order chi connectivity index (χ1) is 9.29. The standard InChI is InChI=1S/C12H16N6O/c1-2-3-8-11-16-17-12(18(11)7-6-13-8)9-4-5-10(19)15-14-9/h4-5,8,13H,2-3,6-7H2,1H3,(H,15,19). The molecule has 0 saturated carbocycles. The predicted octanol–water partition coefficient (Wildman–Crippen LogP) is 0.473. The molecule has 0 aromatic carbocycles. The van der Waals surface area contributed by atoms with E-state index in [1.165, 1.54) is 6.07 Å². The zero-order valence-corrected chi connectivity index (χ0v) is 10.8. The van der Waals surface area contributed by atoms with Crippen molar-refractivity contribution in [3.05, 3.63) is 28.3 Å². The summed E-state index contributed by atoms with van der Waals surface area (Å²) in [6.45, 7) is 3.87. The molecule has 1 atom stereocenters. The van der Waals surface area contributed by atoms with E-state index in [4.69, 9.17) is 0 Å². The largest absolute Gasteiger partial charge is 0.307 e. The van der Waals surface area contributed by atoms with Crippen LogP contribution in [0.2, 0.25) is 0 Å². The predicted molar refractivity (Wildman–Crippen MR) is 69.5 cm³/mol. The van der Waals surface area contributed by atoms with Crippen molar-refractivity contribution in [3.63, 3.8) is 0 Å². The van der Waals surface area contributed by atoms with Crippen molar-refractivity contribution in [2.24, 2.45) is 0 Å². The lowest BCUT2D eigenvalue weighted by Crippen LogP contribution is -2.33. The van der Waals surface area contributed by atoms with Gasteiger partial charge in [0, 0.05) is 19.2 Å². The minimum absolute atomic E-state index is 0.215. The first-order valence-corrected chi connectivity index (χ1v) is 6.52. The summed E-state index contributed by atoms with van der Waals surface area (Å²) in [5.41, 5.74) is 0.433. The zero-order valence-electron chi connectivity index (χ0n) is 10.8. The molecule has 0 amide bonds. The molecule has 2 aromatic heterocycles. The Balaban J connectivity index is 2.00. The summed E-state index contributed by atoms with van der Waals surface area (Å²) in [4.78, 5) is 11.0. The zero-order chi connectivity index (χ0) is 13.2. The number of nitrogens with one attached hydrogen (secondary N) is 2. The van der Waals surface area contributed by atoms with Crippen molar-refractivity contribution < 1.29 is 0 Å². The SMILES string of the molecule is CCCC1NCCn2c(-c3ccc(=O)[nH]n3)nnc21. The van der Waals surface area contributed by atoms with Crippen LogP contribution in [0.1, 0.15) is 31.6 Å². The van der Waals surface area contributed by atoms with Crippen molar-refractivity contribution in [2.75, 3.05) is 6.54 Å². The molecule has 1 aliphatic rings. The Kier molecular flexibility index (Phi) is 3.12. The maximum atomic E-state index is 11.0. The average Bonchev–Trinajstić information content (AvgIpc) is 2.85. The smallest absolute Gasteiger partial charge is 0.264 e. The van der Waals surface area contributed by atoms with E-state index in [2.05, 4.69) is 37.2 Å². The highest BCUT2D eigenvalue weighted by Crippen LogP contribution is 2.24. The molecule has 0 radical (unpaired) electrons. The van der Waals surface area contributed by atoms with Gasteiger partial charge in [-0.15, -0.1) is 10.2 Å². The molecule has 7 heteroatoms. The van der Waals surface area contributed by atoms with E-state index < -0.39 is 0 Å². The Bertz CT molecular complexity index is 611. The van der Waals surface area contributed by atoms with Gasteiger partial charge in [-0.05, 0) is 12.5 Å². The van der Waals surface area contributed by atoms with Gasteiger partial charge in [-0.2, -0.15) is 5.10 Å². The quantitative estimate of drug-likeness (QED) is 0.837. The van der Waals surface area contributed by atoms with Gasteiger partial charge in [-0.3, -0.25) is 4.79 Å². The summed E-state index contributed by atoms with van der Waals surface area (Å²) >= 11 is 0. The second-order valence-electron chi connectivity index (χ2n) is 4.64. The molecule has 0 spiro atoms. The third kappa shape index (κ3) is 2.17. The molecule has 0 fully saturated rings. The van der Waals surface area contributed by atoms with Crippen LogP contribution in [0.3, 0.4) is 0 Å². The van der Waals surface area contributed by atoms with E-state index in [0.29, 0.717) is 11.5 Å². The van der Waals surface area contributed by atoms with E-state index in [0.717, 1.165) is 31.8 Å². The van der Waals surface area contributed by atoms with E-state index in [9.17, 15) is 4.79 Å². The lowest BCUT2D eigenvalue weighted by atomic mass is 10.1. The van der Waals surface area contributed by atoms with Crippen LogP contribution in [0.25, 0.3) is 11.5 Å². The van der Waals surface area contributed by atoms with E-state index in [-0.39, 0.29) is 11.6 Å². The van der Waals surface area contributed by atoms with Crippen LogP contribution in [0, 0.1) is 0 Å². The van der Waals surface area contributed by atoms with Crippen molar-refractivity contribution in [1.29, 1.82) is 0 Å². The fourth-order valence-corrected chi connectivity index (χ4v) is 2.41. The lowest BCUT2D eigenvalue weighted by Gasteiger charge is -2.24. The molecule has 3 heterocycles. The summed E-state index contributed by atoms with van der Waals surface area (Å²) in [5, 5.41) is 18.4. The Hall–Kier alpha value is -2.02. The molecule has 0 bridgehead atoms. The van der Waals surface area contributed by atoms with E-state index in [1.807, 2.05) is 0 Å². The molecule has 7 nitrogen and oxygen atoms in total. The maximum absolute atomic E-state index is 11.0. The highest BCUT2D eigenvalue weighted by atomic mass is 16.1. The second-order valence-corrected chi connectivity index (χ2v) is 4.64. The minimum Gasteiger partial charge on any atom is -0.307 e. The third-order valence-corrected chi connectivity index (χ3v) is 3.30. The number of hydrogen-bond donors (Lipinski definition) is 2. The van der Waals surface area contributed by atoms with Gasteiger partial charge in [0.2, 0.25) is 0 Å². The summed E-state index contributed by atoms with van der Waals surface area (Å²) in [6.07, 6.45) is 2.13. The van der Waals surface area contributed by atoms with Crippen LogP contribution in [-0.4, -0.2) is 31.5 Å². The summed E-state index contributed by atoms with van der Waals surface area (Å²) in [5.74, 6) is 1.67. The molecule has 0 aliphatic carbocycles. The fourth-order valence-electron chi connectivity index (χ4n) is 2.41. The van der Waals surface area contributed by atoms with Crippen LogP contribution in [-0.2, 0) is 6.54 Å². The normalized spacial score (nSPS) is 18.3. The fraction of sp³-hybridized carbons (Fsp3) is 0.500. The van der Waals surface area contributed by atoms with E-state index >= 15 is 0 Å². The molecule has 1 aliphatic heterocycles. The molecule has 100 valence electrons. The van der Waals surface area contributed by atoms with Gasteiger partial charge in [0.05, 0.1) is 6.04 Å². The molecular formula is C12H16N6O. The maximum Gasteiger partial charge on any atom is 0.264 e. The van der Waals surface area contributed by atoms with E-state index in [1.54, 1.807) is 6.07 Å². The van der Waals surface area contributed by atoms with Crippen LogP contribution >= 0.6 is 0 Å². The van der Waals surface area contributed by atoms with Crippen LogP contribution in [0.5, 0.6) is 0 Å². The highest BCUT2D eigenvalue weighted by Gasteiger charge is 2.25. The first kappa shape index (κ1) is 12.0. The Morgan fingerprint density at radius 1 is 1.42 bits per heavy atom. The van der Waals surface area contributed by atoms with Gasteiger partial charge in [-0.25, -0.2) is 5.10 Å². The summed E-state index contributed by atoms with van der Waals surface area (Å²) in [7, 11) is 0. The lowest BCUT2D eigenvalue weighted by molar-refractivity contribution is 0.394. The second kappa shape index (κ2) is 4.93. The van der Waals surface area contributed by atoms with Gasteiger partial charge in [0.25, 0.3) is 5.56 Å². The number of rotatable bonds is 3. The highest BCUT2D eigenvalue weighted by molar-refractivity contribution is 5.48. The average molecular weight is 260 g/mol. The molecule has 2 aromatic rings. The number of aromatic amines is 1. The molecule has 0 saturated heterocycles. The van der Waals surface area contributed by atoms with Crippen molar-refractivity contribution in [2.45, 2.75) is 32.4 Å². The number of H-pyrrole nitrogens is 1. The molecule has 3 rings (SSSR count). The van der Waals surface area contributed by atoms with Crippen molar-refractivity contribution in [3.8, 4) is 11.5 Å². The van der Waals surface area contributed by atoms with Crippen molar-refractivity contribution >= 4 is 0 Å². The van der Waals surface area contributed by atoms with Crippen LogP contribution < -0.4 is 10.9 Å². The molecule has 2 N–H and O–H groups in total. The number of fused-ring (bicyclic) bond motifs is 1. The van der Waals surface area contributed by atoms with Crippen LogP contribution in [0.15, 0.2) is 16.9 Å². The third-order valence-electron chi connectivity index (χ3n) is 3.30. The van der Waals surface area contributed by atoms with Gasteiger partial charge in [0.15, 0.2) is 11.6 Å². The number of nitrogens with zero attached hydrogens (tertiary/aromatic N) is 4. The summed E-state index contributed by atoms with van der Waals surface area (Å²) < 4.78 is 2.08. The van der Waals surface area contributed by atoms with Gasteiger partial charge in [-0.1, -0.05) is 13.3 Å². The van der Waals surface area contributed by atoms with Crippen molar-refractivity contribution in [1.82, 2.24) is 30.3 Å². The van der Waals surface area contributed by atoms with Gasteiger partial charge < -0.3 is 9.88 Å². The topological polar surface area (TPSA) is 88.5 Å². The minimum atomic E-state index is -0.215. The monoisotopic (exact) mass is 260 g/mol.